The van der Waals surface area contributed by atoms with Crippen LogP contribution in [0.15, 0.2) is 60.9 Å². The number of amides is 1. The molecule has 1 heterocycles. The number of hydrogen-bond donors (Lipinski definition) is 2. The van der Waals surface area contributed by atoms with E-state index in [2.05, 4.69) is 20.6 Å². The van der Waals surface area contributed by atoms with Crippen LogP contribution in [0.5, 0.6) is 0 Å². The summed E-state index contributed by atoms with van der Waals surface area (Å²) in [7, 11) is 0. The molecular formula is C19H14F4N4O. The molecule has 1 aromatic heterocycles. The van der Waals surface area contributed by atoms with Gasteiger partial charge >= 0.3 is 6.18 Å². The van der Waals surface area contributed by atoms with Crippen molar-refractivity contribution in [2.45, 2.75) is 12.7 Å². The fraction of sp³-hybridized carbons (Fsp3) is 0.105. The Labute approximate surface area is 157 Å². The number of alkyl halides is 3. The monoisotopic (exact) mass is 390 g/mol. The molecule has 0 fully saturated rings. The average Bonchev–Trinajstić information content (AvgIpc) is 2.67. The van der Waals surface area contributed by atoms with E-state index in [0.29, 0.717) is 12.4 Å². The first-order chi connectivity index (χ1) is 13.3. The summed E-state index contributed by atoms with van der Waals surface area (Å²) in [6, 6.07) is 10.0. The van der Waals surface area contributed by atoms with E-state index in [0.717, 1.165) is 29.8 Å². The Morgan fingerprint density at radius 1 is 0.929 bits per heavy atom. The van der Waals surface area contributed by atoms with Crippen LogP contribution in [0.25, 0.3) is 0 Å². The maximum Gasteiger partial charge on any atom is 0.416 e. The van der Waals surface area contributed by atoms with E-state index in [1.807, 2.05) is 0 Å². The minimum absolute atomic E-state index is 0.00669. The van der Waals surface area contributed by atoms with Crippen molar-refractivity contribution in [3.8, 4) is 0 Å². The van der Waals surface area contributed by atoms with Gasteiger partial charge in [-0.2, -0.15) is 13.2 Å². The summed E-state index contributed by atoms with van der Waals surface area (Å²) < 4.78 is 50.5. The Morgan fingerprint density at radius 2 is 1.61 bits per heavy atom. The Morgan fingerprint density at radius 3 is 2.18 bits per heavy atom. The minimum atomic E-state index is -4.44. The molecule has 5 nitrogen and oxygen atoms in total. The predicted octanol–water partition coefficient (Wildman–Crippen LogP) is 4.50. The van der Waals surface area contributed by atoms with Gasteiger partial charge in [0.2, 0.25) is 0 Å². The molecule has 0 atom stereocenters. The Kier molecular flexibility index (Phi) is 5.53. The number of nitrogens with zero attached hydrogens (tertiary/aromatic N) is 2. The summed E-state index contributed by atoms with van der Waals surface area (Å²) in [5.74, 6) is -0.514. The first-order valence-corrected chi connectivity index (χ1v) is 8.10. The standard InChI is InChI=1S/C19H14F4N4O/c20-14-5-1-12(2-6-14)9-25-17-11-24-16(10-26-17)18(28)27-15-7-3-13(4-8-15)19(21,22)23/h1-8,10-11H,9H2,(H,25,26)(H,27,28). The number of halogens is 4. The smallest absolute Gasteiger partial charge is 0.365 e. The largest absolute Gasteiger partial charge is 0.416 e. The topological polar surface area (TPSA) is 66.9 Å². The summed E-state index contributed by atoms with van der Waals surface area (Å²) >= 11 is 0. The average molecular weight is 390 g/mol. The molecule has 2 N–H and O–H groups in total. The second-order valence-corrected chi connectivity index (χ2v) is 5.80. The lowest BCUT2D eigenvalue weighted by atomic mass is 10.2. The molecule has 0 radical (unpaired) electrons. The molecule has 0 aliphatic rings. The van der Waals surface area contributed by atoms with Gasteiger partial charge in [-0.15, -0.1) is 0 Å². The second-order valence-electron chi connectivity index (χ2n) is 5.80. The predicted molar refractivity (Wildman–Crippen MR) is 95.2 cm³/mol. The summed E-state index contributed by atoms with van der Waals surface area (Å²) in [5, 5.41) is 5.44. The van der Waals surface area contributed by atoms with E-state index in [1.54, 1.807) is 12.1 Å². The number of anilines is 2. The fourth-order valence-corrected chi connectivity index (χ4v) is 2.27. The lowest BCUT2D eigenvalue weighted by Gasteiger charge is -2.09. The van der Waals surface area contributed by atoms with Crippen LogP contribution in [0.4, 0.5) is 29.1 Å². The van der Waals surface area contributed by atoms with Gasteiger partial charge in [-0.3, -0.25) is 4.79 Å². The van der Waals surface area contributed by atoms with Gasteiger partial charge in [0.15, 0.2) is 0 Å². The van der Waals surface area contributed by atoms with Crippen LogP contribution in [0, 0.1) is 5.82 Å². The third-order valence-corrected chi connectivity index (χ3v) is 3.74. The number of rotatable bonds is 5. The maximum atomic E-state index is 12.9. The Bertz CT molecular complexity index is 940. The van der Waals surface area contributed by atoms with Crippen LogP contribution in [0.2, 0.25) is 0 Å². The highest BCUT2D eigenvalue weighted by Crippen LogP contribution is 2.29. The zero-order valence-corrected chi connectivity index (χ0v) is 14.3. The molecule has 0 spiro atoms. The van der Waals surface area contributed by atoms with Crippen LogP contribution in [0.1, 0.15) is 21.6 Å². The summed E-state index contributed by atoms with van der Waals surface area (Å²) in [6.45, 7) is 0.395. The highest BCUT2D eigenvalue weighted by molar-refractivity contribution is 6.02. The molecule has 3 rings (SSSR count). The highest BCUT2D eigenvalue weighted by Gasteiger charge is 2.30. The van der Waals surface area contributed by atoms with Gasteiger partial charge in [0.05, 0.1) is 18.0 Å². The van der Waals surface area contributed by atoms with Crippen molar-refractivity contribution in [2.75, 3.05) is 10.6 Å². The number of hydrogen-bond acceptors (Lipinski definition) is 4. The molecule has 0 saturated carbocycles. The quantitative estimate of drug-likeness (QED) is 0.630. The molecule has 0 aliphatic heterocycles. The van der Waals surface area contributed by atoms with Gasteiger partial charge < -0.3 is 10.6 Å². The van der Waals surface area contributed by atoms with E-state index >= 15 is 0 Å². The summed E-state index contributed by atoms with van der Waals surface area (Å²) in [4.78, 5) is 20.2. The summed E-state index contributed by atoms with van der Waals surface area (Å²) in [5.41, 5.74) is 0.250. The zero-order chi connectivity index (χ0) is 20.1. The Balaban J connectivity index is 1.58. The number of carbonyl (C=O) groups excluding carboxylic acids is 1. The number of nitrogens with one attached hydrogen (secondary N) is 2. The van der Waals surface area contributed by atoms with Gasteiger partial charge in [0, 0.05) is 12.2 Å². The molecule has 1 amide bonds. The molecule has 0 bridgehead atoms. The lowest BCUT2D eigenvalue weighted by molar-refractivity contribution is -0.137. The van der Waals surface area contributed by atoms with Crippen LogP contribution in [0.3, 0.4) is 0 Å². The van der Waals surface area contributed by atoms with Crippen LogP contribution < -0.4 is 10.6 Å². The lowest BCUT2D eigenvalue weighted by Crippen LogP contribution is -2.15. The van der Waals surface area contributed by atoms with Gasteiger partial charge in [0.25, 0.3) is 5.91 Å². The van der Waals surface area contributed by atoms with Crippen LogP contribution in [-0.4, -0.2) is 15.9 Å². The number of aromatic nitrogens is 2. The SMILES string of the molecule is O=C(Nc1ccc(C(F)(F)F)cc1)c1cnc(NCc2ccc(F)cc2)cn1. The van der Waals surface area contributed by atoms with Crippen LogP contribution in [-0.2, 0) is 12.7 Å². The fourth-order valence-electron chi connectivity index (χ4n) is 2.27. The van der Waals surface area contributed by atoms with Crippen molar-refractivity contribution in [3.63, 3.8) is 0 Å². The molecule has 144 valence electrons. The van der Waals surface area contributed by atoms with Crippen molar-refractivity contribution >= 4 is 17.4 Å². The molecular weight excluding hydrogens is 376 g/mol. The molecule has 28 heavy (non-hydrogen) atoms. The maximum absolute atomic E-state index is 12.9. The van der Waals surface area contributed by atoms with Gasteiger partial charge in [-0.05, 0) is 42.0 Å². The third kappa shape index (κ3) is 5.03. The molecule has 3 aromatic rings. The van der Waals surface area contributed by atoms with Crippen LogP contribution >= 0.6 is 0 Å². The first-order valence-electron chi connectivity index (χ1n) is 8.10. The number of benzene rings is 2. The second kappa shape index (κ2) is 8.03. The highest BCUT2D eigenvalue weighted by atomic mass is 19.4. The van der Waals surface area contributed by atoms with Crippen molar-refractivity contribution in [2.24, 2.45) is 0 Å². The molecule has 0 unspecified atom stereocenters. The van der Waals surface area contributed by atoms with Crippen molar-refractivity contribution in [3.05, 3.63) is 83.6 Å². The summed E-state index contributed by atoms with van der Waals surface area (Å²) in [6.07, 6.45) is -1.84. The van der Waals surface area contributed by atoms with E-state index in [-0.39, 0.29) is 17.2 Å². The van der Waals surface area contributed by atoms with E-state index < -0.39 is 17.6 Å². The molecule has 9 heteroatoms. The van der Waals surface area contributed by atoms with E-state index in [1.165, 1.54) is 24.5 Å². The first kappa shape index (κ1) is 19.3. The van der Waals surface area contributed by atoms with Crippen molar-refractivity contribution in [1.29, 1.82) is 0 Å². The van der Waals surface area contributed by atoms with Crippen molar-refractivity contribution < 1.29 is 22.4 Å². The van der Waals surface area contributed by atoms with Crippen molar-refractivity contribution in [1.82, 2.24) is 9.97 Å². The van der Waals surface area contributed by atoms with Gasteiger partial charge in [-0.1, -0.05) is 12.1 Å². The van der Waals surface area contributed by atoms with Gasteiger partial charge in [0.1, 0.15) is 17.3 Å². The van der Waals surface area contributed by atoms with Gasteiger partial charge in [-0.25, -0.2) is 14.4 Å². The minimum Gasteiger partial charge on any atom is -0.365 e. The Hall–Kier alpha value is -3.49. The molecule has 2 aromatic carbocycles. The third-order valence-electron chi connectivity index (χ3n) is 3.74. The van der Waals surface area contributed by atoms with E-state index in [9.17, 15) is 22.4 Å². The zero-order valence-electron chi connectivity index (χ0n) is 14.3. The van der Waals surface area contributed by atoms with E-state index in [4.69, 9.17) is 0 Å². The molecule has 0 saturated heterocycles. The normalized spacial score (nSPS) is 11.1. The number of carbonyl (C=O) groups is 1. The molecule has 0 aliphatic carbocycles.